The molecule has 1 aromatic heterocycles. The Morgan fingerprint density at radius 3 is 2.38 bits per heavy atom. The van der Waals surface area contributed by atoms with Gasteiger partial charge in [-0.05, 0) is 37.5 Å². The van der Waals surface area contributed by atoms with Gasteiger partial charge in [-0.3, -0.25) is 4.98 Å². The van der Waals surface area contributed by atoms with Gasteiger partial charge in [0.25, 0.3) is 0 Å². The third-order valence-electron chi connectivity index (χ3n) is 3.40. The minimum Gasteiger partial charge on any atom is -0.455 e. The molecule has 3 nitrogen and oxygen atoms in total. The van der Waals surface area contributed by atoms with Crippen molar-refractivity contribution in [1.29, 1.82) is 0 Å². The first kappa shape index (κ1) is 15.5. The van der Waals surface area contributed by atoms with E-state index >= 15 is 0 Å². The van der Waals surface area contributed by atoms with Crippen LogP contribution in [0, 0.1) is 6.92 Å². The predicted molar refractivity (Wildman–Crippen MR) is 86.8 cm³/mol. The van der Waals surface area contributed by atoms with Crippen LogP contribution >= 0.6 is 0 Å². The largest absolute Gasteiger partial charge is 0.455 e. The van der Waals surface area contributed by atoms with Gasteiger partial charge in [-0.25, -0.2) is 0 Å². The molecule has 2 rings (SSSR count). The standard InChI is InChI=1S/C18H24N2O/c1-12-6-9-17(15(10-12)18(3,4)5)21-14-7-8-16(13(2)19)20-11-14/h6-11,13H,19H2,1-5H3/t13-/m0/s1. The van der Waals surface area contributed by atoms with Crippen LogP contribution in [0.5, 0.6) is 11.5 Å². The van der Waals surface area contributed by atoms with Gasteiger partial charge in [-0.2, -0.15) is 0 Å². The Morgan fingerprint density at radius 2 is 1.86 bits per heavy atom. The Labute approximate surface area is 127 Å². The highest BCUT2D eigenvalue weighted by Gasteiger charge is 2.19. The Bertz CT molecular complexity index is 610. The molecular formula is C18H24N2O. The van der Waals surface area contributed by atoms with E-state index in [4.69, 9.17) is 10.5 Å². The lowest BCUT2D eigenvalue weighted by Gasteiger charge is -2.23. The van der Waals surface area contributed by atoms with Crippen molar-refractivity contribution < 1.29 is 4.74 Å². The summed E-state index contributed by atoms with van der Waals surface area (Å²) in [6, 6.07) is 10.0. The molecule has 0 aliphatic rings. The van der Waals surface area contributed by atoms with Crippen LogP contribution in [0.2, 0.25) is 0 Å². The number of rotatable bonds is 3. The highest BCUT2D eigenvalue weighted by Crippen LogP contribution is 2.34. The summed E-state index contributed by atoms with van der Waals surface area (Å²) in [6.45, 7) is 10.6. The van der Waals surface area contributed by atoms with Gasteiger partial charge in [-0.15, -0.1) is 0 Å². The van der Waals surface area contributed by atoms with Crippen LogP contribution < -0.4 is 10.5 Å². The first-order chi connectivity index (χ1) is 9.77. The van der Waals surface area contributed by atoms with Crippen LogP contribution in [0.3, 0.4) is 0 Å². The number of ether oxygens (including phenoxy) is 1. The Hall–Kier alpha value is -1.87. The maximum absolute atomic E-state index is 6.02. The van der Waals surface area contributed by atoms with Gasteiger partial charge in [0.05, 0.1) is 11.9 Å². The van der Waals surface area contributed by atoms with E-state index in [0.29, 0.717) is 0 Å². The molecule has 2 N–H and O–H groups in total. The second kappa shape index (κ2) is 5.86. The predicted octanol–water partition coefficient (Wildman–Crippen LogP) is 4.50. The van der Waals surface area contributed by atoms with E-state index in [0.717, 1.165) is 17.2 Å². The van der Waals surface area contributed by atoms with Crippen LogP contribution in [-0.2, 0) is 5.41 Å². The van der Waals surface area contributed by atoms with Gasteiger partial charge >= 0.3 is 0 Å². The molecule has 0 bridgehead atoms. The van der Waals surface area contributed by atoms with Crippen molar-refractivity contribution in [3.63, 3.8) is 0 Å². The Kier molecular flexibility index (Phi) is 4.33. The molecule has 2 aromatic rings. The first-order valence-corrected chi connectivity index (χ1v) is 7.28. The fraction of sp³-hybridized carbons (Fsp3) is 0.389. The zero-order valence-corrected chi connectivity index (χ0v) is 13.5. The zero-order valence-electron chi connectivity index (χ0n) is 13.5. The number of benzene rings is 1. The molecule has 1 heterocycles. The van der Waals surface area contributed by atoms with Crippen molar-refractivity contribution in [3.05, 3.63) is 53.3 Å². The molecular weight excluding hydrogens is 260 g/mol. The molecule has 0 spiro atoms. The summed E-state index contributed by atoms with van der Waals surface area (Å²) < 4.78 is 6.02. The lowest BCUT2D eigenvalue weighted by molar-refractivity contribution is 0.452. The van der Waals surface area contributed by atoms with E-state index in [-0.39, 0.29) is 11.5 Å². The summed E-state index contributed by atoms with van der Waals surface area (Å²) in [7, 11) is 0. The molecule has 21 heavy (non-hydrogen) atoms. The summed E-state index contributed by atoms with van der Waals surface area (Å²) in [5.74, 6) is 1.61. The molecule has 0 unspecified atom stereocenters. The van der Waals surface area contributed by atoms with Crippen LogP contribution in [-0.4, -0.2) is 4.98 Å². The van der Waals surface area contributed by atoms with Gasteiger partial charge in [0.1, 0.15) is 11.5 Å². The number of aryl methyl sites for hydroxylation is 1. The maximum Gasteiger partial charge on any atom is 0.145 e. The summed E-state index contributed by atoms with van der Waals surface area (Å²) in [5.41, 5.74) is 9.13. The number of aromatic nitrogens is 1. The molecule has 1 aromatic carbocycles. The highest BCUT2D eigenvalue weighted by atomic mass is 16.5. The van der Waals surface area contributed by atoms with E-state index in [1.807, 2.05) is 25.1 Å². The van der Waals surface area contributed by atoms with Gasteiger partial charge in [0.15, 0.2) is 0 Å². The van der Waals surface area contributed by atoms with Crippen molar-refractivity contribution in [3.8, 4) is 11.5 Å². The molecule has 3 heteroatoms. The molecule has 0 aliphatic carbocycles. The number of pyridine rings is 1. The van der Waals surface area contributed by atoms with Crippen molar-refractivity contribution in [1.82, 2.24) is 4.98 Å². The number of nitrogens with two attached hydrogens (primary N) is 1. The number of nitrogens with zero attached hydrogens (tertiary/aromatic N) is 1. The van der Waals surface area contributed by atoms with Crippen molar-refractivity contribution in [2.75, 3.05) is 0 Å². The Balaban J connectivity index is 2.31. The summed E-state index contributed by atoms with van der Waals surface area (Å²) in [5, 5.41) is 0. The van der Waals surface area contributed by atoms with E-state index < -0.39 is 0 Å². The Morgan fingerprint density at radius 1 is 1.14 bits per heavy atom. The van der Waals surface area contributed by atoms with Crippen LogP contribution in [0.15, 0.2) is 36.5 Å². The van der Waals surface area contributed by atoms with Crippen molar-refractivity contribution >= 4 is 0 Å². The van der Waals surface area contributed by atoms with Gasteiger partial charge in [0.2, 0.25) is 0 Å². The van der Waals surface area contributed by atoms with E-state index in [1.54, 1.807) is 6.20 Å². The monoisotopic (exact) mass is 284 g/mol. The van der Waals surface area contributed by atoms with Crippen LogP contribution in [0.25, 0.3) is 0 Å². The van der Waals surface area contributed by atoms with Crippen molar-refractivity contribution in [2.24, 2.45) is 5.73 Å². The lowest BCUT2D eigenvalue weighted by Crippen LogP contribution is -2.13. The van der Waals surface area contributed by atoms with Gasteiger partial charge < -0.3 is 10.5 Å². The molecule has 0 amide bonds. The van der Waals surface area contributed by atoms with Crippen LogP contribution in [0.1, 0.15) is 50.6 Å². The topological polar surface area (TPSA) is 48.1 Å². The second-order valence-electron chi connectivity index (χ2n) is 6.56. The SMILES string of the molecule is Cc1ccc(Oc2ccc([C@H](C)N)nc2)c(C(C)(C)C)c1. The third kappa shape index (κ3) is 3.82. The molecule has 0 saturated heterocycles. The van der Waals surface area contributed by atoms with E-state index in [9.17, 15) is 0 Å². The lowest BCUT2D eigenvalue weighted by atomic mass is 9.85. The minimum absolute atomic E-state index is 0.0283. The fourth-order valence-corrected chi connectivity index (χ4v) is 2.17. The fourth-order valence-electron chi connectivity index (χ4n) is 2.17. The first-order valence-electron chi connectivity index (χ1n) is 7.28. The number of hydrogen-bond acceptors (Lipinski definition) is 3. The molecule has 0 radical (unpaired) electrons. The minimum atomic E-state index is -0.0661. The number of hydrogen-bond donors (Lipinski definition) is 1. The summed E-state index contributed by atoms with van der Waals surface area (Å²) >= 11 is 0. The average molecular weight is 284 g/mol. The summed E-state index contributed by atoms with van der Waals surface area (Å²) in [6.07, 6.45) is 1.73. The molecule has 0 aliphatic heterocycles. The molecule has 0 fully saturated rings. The molecule has 1 atom stereocenters. The highest BCUT2D eigenvalue weighted by molar-refractivity contribution is 5.43. The van der Waals surface area contributed by atoms with Gasteiger partial charge in [-0.1, -0.05) is 38.5 Å². The smallest absolute Gasteiger partial charge is 0.145 e. The maximum atomic E-state index is 6.02. The normalized spacial score (nSPS) is 13.0. The molecule has 112 valence electrons. The van der Waals surface area contributed by atoms with Crippen molar-refractivity contribution in [2.45, 2.75) is 46.1 Å². The quantitative estimate of drug-likeness (QED) is 0.902. The van der Waals surface area contributed by atoms with Crippen LogP contribution in [0.4, 0.5) is 0 Å². The van der Waals surface area contributed by atoms with E-state index in [1.165, 1.54) is 11.1 Å². The van der Waals surface area contributed by atoms with Gasteiger partial charge in [0, 0.05) is 11.6 Å². The second-order valence-corrected chi connectivity index (χ2v) is 6.56. The molecule has 0 saturated carbocycles. The third-order valence-corrected chi connectivity index (χ3v) is 3.40. The van der Waals surface area contributed by atoms with E-state index in [2.05, 4.69) is 44.8 Å². The zero-order chi connectivity index (χ0) is 15.6. The summed E-state index contributed by atoms with van der Waals surface area (Å²) in [4.78, 5) is 4.33. The average Bonchev–Trinajstić information content (AvgIpc) is 2.40.